The summed E-state index contributed by atoms with van der Waals surface area (Å²) in [6.45, 7) is 2.52. The van der Waals surface area contributed by atoms with Crippen LogP contribution in [0, 0.1) is 6.92 Å². The molecule has 0 aliphatic carbocycles. The molecule has 14 heavy (non-hydrogen) atoms. The number of nitrogens with zero attached hydrogens (tertiary/aromatic N) is 2. The number of hydrogen-bond donors (Lipinski definition) is 0. The van der Waals surface area contributed by atoms with Crippen molar-refractivity contribution in [3.05, 3.63) is 54.1 Å². The number of hydrogen-bond acceptors (Lipinski definition) is 2. The monoisotopic (exact) mass is 188 g/mol. The summed E-state index contributed by atoms with van der Waals surface area (Å²) in [5.74, 6) is 0. The predicted octanol–water partition coefficient (Wildman–Crippen LogP) is 1.82. The van der Waals surface area contributed by atoms with Crippen molar-refractivity contribution >= 4 is 0 Å². The topological polar surface area (TPSA) is 27.1 Å². The van der Waals surface area contributed by atoms with Crippen molar-refractivity contribution in [2.75, 3.05) is 0 Å². The van der Waals surface area contributed by atoms with E-state index < -0.39 is 0 Å². The van der Waals surface area contributed by atoms with Crippen LogP contribution in [0.15, 0.2) is 42.9 Å². The maximum absolute atomic E-state index is 5.52. The molecule has 0 N–H and O–H groups in total. The number of aryl methyl sites for hydroxylation is 1. The van der Waals surface area contributed by atoms with Crippen molar-refractivity contribution in [2.45, 2.75) is 13.5 Å². The van der Waals surface area contributed by atoms with E-state index in [-0.39, 0.29) is 0 Å². The third kappa shape index (κ3) is 1.93. The Labute approximate surface area is 82.9 Å². The molecule has 1 aromatic heterocycles. The molecule has 0 saturated heterocycles. The molecule has 0 bridgehead atoms. The van der Waals surface area contributed by atoms with E-state index in [9.17, 15) is 0 Å². The summed E-state index contributed by atoms with van der Waals surface area (Å²) in [4.78, 5) is 9.49. The fourth-order valence-electron chi connectivity index (χ4n) is 1.20. The largest absolute Gasteiger partial charge is 0.408 e. The molecule has 1 aromatic carbocycles. The van der Waals surface area contributed by atoms with Gasteiger partial charge in [-0.3, -0.25) is 0 Å². The summed E-state index contributed by atoms with van der Waals surface area (Å²) < 4.78 is 1.67. The zero-order chi connectivity index (χ0) is 9.80. The summed E-state index contributed by atoms with van der Waals surface area (Å²) in [6.07, 6.45) is 3.43. The highest BCUT2D eigenvalue weighted by Gasteiger charge is 1.96. The van der Waals surface area contributed by atoms with Gasteiger partial charge in [0, 0.05) is 0 Å². The first-order valence-corrected chi connectivity index (χ1v) is 4.52. The highest BCUT2D eigenvalue weighted by Crippen LogP contribution is 2.00. The second-order valence-electron chi connectivity index (χ2n) is 3.12. The van der Waals surface area contributed by atoms with E-state index in [4.69, 9.17) is 4.84 Å². The van der Waals surface area contributed by atoms with Crippen LogP contribution in [0.2, 0.25) is 0 Å². The first kappa shape index (κ1) is 8.81. The number of rotatable bonds is 3. The lowest BCUT2D eigenvalue weighted by molar-refractivity contribution is 0.0927. The molecule has 2 aromatic rings. The highest BCUT2D eigenvalue weighted by atomic mass is 16.7. The van der Waals surface area contributed by atoms with Crippen molar-refractivity contribution in [1.82, 2.24) is 9.71 Å². The van der Waals surface area contributed by atoms with E-state index in [0.29, 0.717) is 6.61 Å². The molecule has 0 unspecified atom stereocenters. The highest BCUT2D eigenvalue weighted by molar-refractivity contribution is 5.13. The zero-order valence-electron chi connectivity index (χ0n) is 8.05. The fourth-order valence-corrected chi connectivity index (χ4v) is 1.20. The smallest absolute Gasteiger partial charge is 0.140 e. The van der Waals surface area contributed by atoms with Crippen LogP contribution in [0.3, 0.4) is 0 Å². The van der Waals surface area contributed by atoms with E-state index in [2.05, 4.69) is 4.98 Å². The lowest BCUT2D eigenvalue weighted by Crippen LogP contribution is -2.11. The molecule has 0 radical (unpaired) electrons. The van der Waals surface area contributed by atoms with Gasteiger partial charge in [-0.2, -0.15) is 4.73 Å². The summed E-state index contributed by atoms with van der Waals surface area (Å²) in [6, 6.07) is 10.1. The lowest BCUT2D eigenvalue weighted by atomic mass is 10.2. The molecular formula is C11H12N2O. The Morgan fingerprint density at radius 3 is 2.71 bits per heavy atom. The van der Waals surface area contributed by atoms with E-state index in [1.165, 1.54) is 0 Å². The molecular weight excluding hydrogens is 176 g/mol. The Bertz CT molecular complexity index is 395. The van der Waals surface area contributed by atoms with Gasteiger partial charge in [0.2, 0.25) is 0 Å². The van der Waals surface area contributed by atoms with Gasteiger partial charge in [-0.05, 0) is 12.5 Å². The molecule has 1 heterocycles. The van der Waals surface area contributed by atoms with Gasteiger partial charge >= 0.3 is 0 Å². The summed E-state index contributed by atoms with van der Waals surface area (Å²) in [7, 11) is 0. The first-order valence-electron chi connectivity index (χ1n) is 4.52. The maximum atomic E-state index is 5.52. The van der Waals surface area contributed by atoms with Crippen molar-refractivity contribution < 1.29 is 4.84 Å². The van der Waals surface area contributed by atoms with Gasteiger partial charge in [-0.25, -0.2) is 4.98 Å². The number of aromatic nitrogens is 2. The Morgan fingerprint density at radius 1 is 1.29 bits per heavy atom. The minimum atomic E-state index is 0.567. The van der Waals surface area contributed by atoms with Gasteiger partial charge in [-0.1, -0.05) is 30.3 Å². The Hall–Kier alpha value is -1.77. The summed E-state index contributed by atoms with van der Waals surface area (Å²) >= 11 is 0. The first-order chi connectivity index (χ1) is 6.86. The molecule has 0 fully saturated rings. The summed E-state index contributed by atoms with van der Waals surface area (Å²) in [5.41, 5.74) is 2.15. The number of benzene rings is 1. The van der Waals surface area contributed by atoms with Gasteiger partial charge in [0.05, 0.1) is 11.9 Å². The second-order valence-corrected chi connectivity index (χ2v) is 3.12. The lowest BCUT2D eigenvalue weighted by Gasteiger charge is -2.07. The van der Waals surface area contributed by atoms with Crippen LogP contribution in [0.25, 0.3) is 0 Å². The van der Waals surface area contributed by atoms with E-state index >= 15 is 0 Å². The Morgan fingerprint density at radius 2 is 2.07 bits per heavy atom. The Balaban J connectivity index is 1.99. The Kier molecular flexibility index (Phi) is 2.49. The van der Waals surface area contributed by atoms with Crippen molar-refractivity contribution in [1.29, 1.82) is 0 Å². The van der Waals surface area contributed by atoms with Crippen LogP contribution in [-0.2, 0) is 6.61 Å². The quantitative estimate of drug-likeness (QED) is 0.734. The zero-order valence-corrected chi connectivity index (χ0v) is 8.05. The van der Waals surface area contributed by atoms with Crippen LogP contribution < -0.4 is 4.84 Å². The molecule has 3 nitrogen and oxygen atoms in total. The summed E-state index contributed by atoms with van der Waals surface area (Å²) in [5, 5.41) is 0. The number of imidazole rings is 1. The van der Waals surface area contributed by atoms with Gasteiger partial charge in [-0.15, -0.1) is 0 Å². The molecule has 0 saturated carbocycles. The van der Waals surface area contributed by atoms with Crippen molar-refractivity contribution in [2.24, 2.45) is 0 Å². The second kappa shape index (κ2) is 3.96. The maximum Gasteiger partial charge on any atom is 0.140 e. The minimum absolute atomic E-state index is 0.567. The molecule has 0 amide bonds. The molecule has 2 rings (SSSR count). The minimum Gasteiger partial charge on any atom is -0.408 e. The fraction of sp³-hybridized carbons (Fsp3) is 0.182. The average molecular weight is 188 g/mol. The standard InChI is InChI=1S/C11H12N2O/c1-10-7-12-9-13(10)14-8-11-5-3-2-4-6-11/h2-7,9H,8H2,1H3. The molecule has 0 aliphatic heterocycles. The normalized spacial score (nSPS) is 10.1. The van der Waals surface area contributed by atoms with E-state index in [1.807, 2.05) is 37.3 Å². The van der Waals surface area contributed by atoms with Gasteiger partial charge in [0.25, 0.3) is 0 Å². The average Bonchev–Trinajstić information content (AvgIpc) is 2.63. The molecule has 0 aliphatic rings. The SMILES string of the molecule is Cc1cncn1OCc1ccccc1. The molecule has 72 valence electrons. The predicted molar refractivity (Wildman–Crippen MR) is 53.7 cm³/mol. The third-order valence-electron chi connectivity index (χ3n) is 1.99. The van der Waals surface area contributed by atoms with Gasteiger partial charge in [0.1, 0.15) is 12.9 Å². The van der Waals surface area contributed by atoms with Crippen molar-refractivity contribution in [3.8, 4) is 0 Å². The van der Waals surface area contributed by atoms with Gasteiger partial charge < -0.3 is 4.84 Å². The third-order valence-corrected chi connectivity index (χ3v) is 1.99. The van der Waals surface area contributed by atoms with E-state index in [0.717, 1.165) is 11.3 Å². The van der Waals surface area contributed by atoms with Crippen LogP contribution in [0.4, 0.5) is 0 Å². The van der Waals surface area contributed by atoms with Crippen molar-refractivity contribution in [3.63, 3.8) is 0 Å². The molecule has 3 heteroatoms. The van der Waals surface area contributed by atoms with Crippen LogP contribution in [0.5, 0.6) is 0 Å². The van der Waals surface area contributed by atoms with Crippen LogP contribution >= 0.6 is 0 Å². The van der Waals surface area contributed by atoms with Crippen LogP contribution in [0.1, 0.15) is 11.3 Å². The van der Waals surface area contributed by atoms with Crippen LogP contribution in [-0.4, -0.2) is 9.71 Å². The molecule has 0 atom stereocenters. The van der Waals surface area contributed by atoms with E-state index in [1.54, 1.807) is 17.3 Å². The van der Waals surface area contributed by atoms with Gasteiger partial charge in [0.15, 0.2) is 0 Å². The molecule has 0 spiro atoms.